The Bertz CT molecular complexity index is 1140. The van der Waals surface area contributed by atoms with E-state index in [-0.39, 0.29) is 33.7 Å². The first-order valence-electron chi connectivity index (χ1n) is 9.73. The van der Waals surface area contributed by atoms with Crippen LogP contribution in [0.25, 0.3) is 11.4 Å². The second-order valence-electron chi connectivity index (χ2n) is 6.47. The van der Waals surface area contributed by atoms with Crippen LogP contribution in [-0.4, -0.2) is 49.9 Å². The van der Waals surface area contributed by atoms with Crippen LogP contribution in [0.5, 0.6) is 0 Å². The predicted octanol–water partition coefficient (Wildman–Crippen LogP) is 2.74. The van der Waals surface area contributed by atoms with Gasteiger partial charge >= 0.3 is 5.97 Å². The van der Waals surface area contributed by atoms with Gasteiger partial charge in [0.05, 0.1) is 22.8 Å². The number of carbonyl (C=O) groups is 3. The summed E-state index contributed by atoms with van der Waals surface area (Å²) in [4.78, 5) is 40.9. The summed E-state index contributed by atoms with van der Waals surface area (Å²) in [5.74, 6) is -0.951. The molecule has 10 nitrogen and oxygen atoms in total. The number of thiophene rings is 1. The van der Waals surface area contributed by atoms with E-state index in [1.165, 1.54) is 11.8 Å². The molecular weight excluding hydrogens is 452 g/mol. The molecule has 3 aromatic heterocycles. The van der Waals surface area contributed by atoms with Gasteiger partial charge in [-0.2, -0.15) is 0 Å². The summed E-state index contributed by atoms with van der Waals surface area (Å²) in [6.45, 7) is 6.01. The minimum absolute atomic E-state index is 0.0274. The van der Waals surface area contributed by atoms with Crippen LogP contribution in [0.15, 0.2) is 29.7 Å². The van der Waals surface area contributed by atoms with Crippen LogP contribution in [-0.2, 0) is 16.1 Å². The summed E-state index contributed by atoms with van der Waals surface area (Å²) in [6, 6.07) is 3.67. The van der Waals surface area contributed by atoms with Crippen LogP contribution in [0.3, 0.4) is 0 Å². The quantitative estimate of drug-likeness (QED) is 0.356. The van der Waals surface area contributed by atoms with Gasteiger partial charge in [0.2, 0.25) is 5.91 Å². The Morgan fingerprint density at radius 3 is 2.56 bits per heavy atom. The molecule has 3 aromatic rings. The molecule has 0 aromatic carbocycles. The van der Waals surface area contributed by atoms with Crippen LogP contribution >= 0.6 is 23.1 Å². The van der Waals surface area contributed by atoms with Crippen LogP contribution < -0.4 is 11.1 Å². The molecule has 3 heterocycles. The van der Waals surface area contributed by atoms with Crippen molar-refractivity contribution in [3.8, 4) is 11.4 Å². The molecule has 168 valence electrons. The van der Waals surface area contributed by atoms with Crippen LogP contribution in [0.4, 0.5) is 5.00 Å². The van der Waals surface area contributed by atoms with E-state index in [0.717, 1.165) is 16.9 Å². The van der Waals surface area contributed by atoms with Gasteiger partial charge in [-0.3, -0.25) is 14.6 Å². The normalized spacial score (nSPS) is 10.7. The highest BCUT2D eigenvalue weighted by Crippen LogP contribution is 2.34. The van der Waals surface area contributed by atoms with Crippen molar-refractivity contribution in [1.29, 1.82) is 0 Å². The van der Waals surface area contributed by atoms with E-state index in [1.807, 2.05) is 23.6 Å². The number of thioether (sulfide) groups is 1. The first kappa shape index (κ1) is 23.4. The van der Waals surface area contributed by atoms with Gasteiger partial charge in [-0.05, 0) is 38.5 Å². The Labute approximate surface area is 192 Å². The van der Waals surface area contributed by atoms with Crippen molar-refractivity contribution in [1.82, 2.24) is 19.7 Å². The van der Waals surface area contributed by atoms with E-state index in [0.29, 0.717) is 23.1 Å². The number of amides is 2. The molecule has 12 heteroatoms. The Kier molecular flexibility index (Phi) is 7.59. The molecule has 0 bridgehead atoms. The lowest BCUT2D eigenvalue weighted by Gasteiger charge is -2.08. The first-order chi connectivity index (χ1) is 15.4. The molecule has 0 saturated heterocycles. The van der Waals surface area contributed by atoms with Gasteiger partial charge < -0.3 is 20.4 Å². The minimum atomic E-state index is -0.674. The fourth-order valence-electron chi connectivity index (χ4n) is 2.97. The maximum Gasteiger partial charge on any atom is 0.341 e. The first-order valence-corrected chi connectivity index (χ1v) is 11.5. The highest BCUT2D eigenvalue weighted by atomic mass is 32.2. The standard InChI is InChI=1S/C20H22N6O4S2/c1-4-26-17(12-6-8-22-9-7-12)24-25-20(26)31-10-13(27)23-18-14(19(29)30-5-2)11(3)15(32-18)16(21)28/h6-9H,4-5,10H2,1-3H3,(H2,21,28)(H,23,27). The molecule has 0 fully saturated rings. The monoisotopic (exact) mass is 474 g/mol. The van der Waals surface area contributed by atoms with Crippen molar-refractivity contribution < 1.29 is 19.1 Å². The maximum atomic E-state index is 12.6. The maximum absolute atomic E-state index is 12.6. The lowest BCUT2D eigenvalue weighted by Crippen LogP contribution is -2.17. The summed E-state index contributed by atoms with van der Waals surface area (Å²) >= 11 is 2.17. The third-order valence-corrected chi connectivity index (χ3v) is 6.60. The zero-order valence-corrected chi connectivity index (χ0v) is 19.4. The van der Waals surface area contributed by atoms with E-state index in [2.05, 4.69) is 20.5 Å². The van der Waals surface area contributed by atoms with Crippen molar-refractivity contribution >= 4 is 45.9 Å². The molecule has 3 N–H and O–H groups in total. The van der Waals surface area contributed by atoms with Gasteiger partial charge in [0, 0.05) is 24.5 Å². The Morgan fingerprint density at radius 1 is 1.22 bits per heavy atom. The van der Waals surface area contributed by atoms with E-state index in [9.17, 15) is 14.4 Å². The lowest BCUT2D eigenvalue weighted by molar-refractivity contribution is -0.113. The molecule has 2 amide bonds. The fourth-order valence-corrected chi connectivity index (χ4v) is 4.84. The average Bonchev–Trinajstić information content (AvgIpc) is 3.33. The number of ether oxygens (including phenoxy) is 1. The van der Waals surface area contributed by atoms with E-state index in [4.69, 9.17) is 10.5 Å². The topological polar surface area (TPSA) is 142 Å². The molecule has 32 heavy (non-hydrogen) atoms. The zero-order chi connectivity index (χ0) is 23.3. The number of nitrogens with zero attached hydrogens (tertiary/aromatic N) is 4. The number of rotatable bonds is 9. The highest BCUT2D eigenvalue weighted by Gasteiger charge is 2.26. The van der Waals surface area contributed by atoms with Crippen molar-refractivity contribution in [2.45, 2.75) is 32.5 Å². The number of anilines is 1. The van der Waals surface area contributed by atoms with E-state index in [1.54, 1.807) is 26.2 Å². The molecular formula is C20H22N6O4S2. The van der Waals surface area contributed by atoms with Gasteiger partial charge in [0.1, 0.15) is 5.00 Å². The fraction of sp³-hybridized carbons (Fsp3) is 0.300. The Hall–Kier alpha value is -3.25. The third kappa shape index (κ3) is 4.97. The number of esters is 1. The van der Waals surface area contributed by atoms with E-state index < -0.39 is 11.9 Å². The van der Waals surface area contributed by atoms with Gasteiger partial charge in [-0.15, -0.1) is 21.5 Å². The number of aromatic nitrogens is 4. The summed E-state index contributed by atoms with van der Waals surface area (Å²) in [7, 11) is 0. The number of nitrogens with two attached hydrogens (primary N) is 1. The molecule has 0 aliphatic heterocycles. The molecule has 0 aliphatic rings. The second-order valence-corrected chi connectivity index (χ2v) is 8.43. The van der Waals surface area contributed by atoms with Gasteiger partial charge in [0.25, 0.3) is 5.91 Å². The van der Waals surface area contributed by atoms with Crippen molar-refractivity contribution in [3.05, 3.63) is 40.5 Å². The number of pyridine rings is 1. The smallest absolute Gasteiger partial charge is 0.341 e. The molecule has 3 rings (SSSR count). The number of primary amides is 1. The summed E-state index contributed by atoms with van der Waals surface area (Å²) in [5, 5.41) is 11.9. The second kappa shape index (κ2) is 10.4. The zero-order valence-electron chi connectivity index (χ0n) is 17.7. The summed E-state index contributed by atoms with van der Waals surface area (Å²) in [6.07, 6.45) is 3.35. The largest absolute Gasteiger partial charge is 0.462 e. The molecule has 0 radical (unpaired) electrons. The van der Waals surface area contributed by atoms with Crippen LogP contribution in [0.1, 0.15) is 39.4 Å². The minimum Gasteiger partial charge on any atom is -0.462 e. The van der Waals surface area contributed by atoms with E-state index >= 15 is 0 Å². The molecule has 0 unspecified atom stereocenters. The van der Waals surface area contributed by atoms with Gasteiger partial charge in [0.15, 0.2) is 11.0 Å². The van der Waals surface area contributed by atoms with Crippen LogP contribution in [0.2, 0.25) is 0 Å². The molecule has 0 aliphatic carbocycles. The lowest BCUT2D eigenvalue weighted by atomic mass is 10.1. The number of hydrogen-bond acceptors (Lipinski definition) is 9. The highest BCUT2D eigenvalue weighted by molar-refractivity contribution is 7.99. The predicted molar refractivity (Wildman–Crippen MR) is 122 cm³/mol. The third-order valence-electron chi connectivity index (χ3n) is 4.41. The number of nitrogens with one attached hydrogen (secondary N) is 1. The summed E-state index contributed by atoms with van der Waals surface area (Å²) < 4.78 is 6.96. The number of carbonyl (C=O) groups excluding carboxylic acids is 3. The number of hydrogen-bond donors (Lipinski definition) is 2. The SMILES string of the molecule is CCOC(=O)c1c(NC(=O)CSc2nnc(-c3ccncc3)n2CC)sc(C(N)=O)c1C. The van der Waals surface area contributed by atoms with Crippen molar-refractivity contribution in [2.75, 3.05) is 17.7 Å². The summed E-state index contributed by atoms with van der Waals surface area (Å²) in [5.41, 5.74) is 6.80. The Balaban J connectivity index is 1.76. The van der Waals surface area contributed by atoms with Crippen molar-refractivity contribution in [3.63, 3.8) is 0 Å². The van der Waals surface area contributed by atoms with Crippen LogP contribution in [0, 0.1) is 6.92 Å². The van der Waals surface area contributed by atoms with Crippen molar-refractivity contribution in [2.24, 2.45) is 5.73 Å². The average molecular weight is 475 g/mol. The van der Waals surface area contributed by atoms with Gasteiger partial charge in [-0.1, -0.05) is 11.8 Å². The molecule has 0 saturated carbocycles. The Morgan fingerprint density at radius 2 is 1.94 bits per heavy atom. The molecule has 0 spiro atoms. The van der Waals surface area contributed by atoms with Gasteiger partial charge in [-0.25, -0.2) is 4.79 Å². The molecule has 0 atom stereocenters.